The van der Waals surface area contributed by atoms with Gasteiger partial charge in [-0.1, -0.05) is 6.92 Å². The van der Waals surface area contributed by atoms with Gasteiger partial charge in [0.1, 0.15) is 5.76 Å². The molecule has 9 heteroatoms. The van der Waals surface area contributed by atoms with Gasteiger partial charge in [0.15, 0.2) is 9.84 Å². The molecule has 0 unspecified atom stereocenters. The maximum atomic E-state index is 12.5. The molecular formula is C18H20N2O5S2. The number of rotatable bonds is 7. The van der Waals surface area contributed by atoms with Gasteiger partial charge in [0.2, 0.25) is 11.8 Å². The fourth-order valence-corrected chi connectivity index (χ4v) is 4.91. The summed E-state index contributed by atoms with van der Waals surface area (Å²) in [5.74, 6) is -0.210. The number of benzene rings is 1. The lowest BCUT2D eigenvalue weighted by Gasteiger charge is -2.23. The van der Waals surface area contributed by atoms with Crippen molar-refractivity contribution >= 4 is 39.1 Å². The van der Waals surface area contributed by atoms with Gasteiger partial charge >= 0.3 is 0 Å². The van der Waals surface area contributed by atoms with E-state index < -0.39 is 9.84 Å². The van der Waals surface area contributed by atoms with Gasteiger partial charge in [-0.3, -0.25) is 9.59 Å². The number of fused-ring (bicyclic) bond motifs is 1. The second-order valence-electron chi connectivity index (χ2n) is 6.09. The zero-order chi connectivity index (χ0) is 19.4. The largest absolute Gasteiger partial charge is 0.467 e. The minimum atomic E-state index is -3.64. The standard InChI is InChI=1S/C18H20N2O5S2/c1-2-15-18(22)20-14-10-13(5-6-16(14)26-15)27(23,24)9-7-17(21)19-11-12-4-3-8-25-12/h3-6,8,10,15H,2,7,9,11H2,1H3,(H,19,21)(H,20,22)/t15-/m1/s1. The van der Waals surface area contributed by atoms with Gasteiger partial charge in [0, 0.05) is 11.3 Å². The minimum absolute atomic E-state index is 0.0935. The van der Waals surface area contributed by atoms with E-state index in [9.17, 15) is 18.0 Å². The number of furan rings is 1. The topological polar surface area (TPSA) is 105 Å². The Labute approximate surface area is 161 Å². The Kier molecular flexibility index (Phi) is 5.91. The highest BCUT2D eigenvalue weighted by Gasteiger charge is 2.27. The molecule has 7 nitrogen and oxygen atoms in total. The third kappa shape index (κ3) is 4.72. The normalized spacial score (nSPS) is 16.5. The Hall–Kier alpha value is -2.26. The Morgan fingerprint density at radius 1 is 1.33 bits per heavy atom. The zero-order valence-electron chi connectivity index (χ0n) is 14.7. The summed E-state index contributed by atoms with van der Waals surface area (Å²) in [7, 11) is -3.64. The van der Waals surface area contributed by atoms with Gasteiger partial charge in [-0.2, -0.15) is 0 Å². The summed E-state index contributed by atoms with van der Waals surface area (Å²) in [4.78, 5) is 24.8. The average molecular weight is 409 g/mol. The van der Waals surface area contributed by atoms with Crippen LogP contribution in [0.1, 0.15) is 25.5 Å². The Morgan fingerprint density at radius 2 is 2.15 bits per heavy atom. The number of thioether (sulfide) groups is 1. The summed E-state index contributed by atoms with van der Waals surface area (Å²) in [6.07, 6.45) is 2.05. The number of nitrogens with one attached hydrogen (secondary N) is 2. The molecule has 2 amide bonds. The van der Waals surface area contributed by atoms with E-state index in [0.717, 1.165) is 4.90 Å². The van der Waals surface area contributed by atoms with Crippen LogP contribution < -0.4 is 10.6 Å². The predicted octanol–water partition coefficient (Wildman–Crippen LogP) is 2.58. The van der Waals surface area contributed by atoms with Crippen molar-refractivity contribution in [2.75, 3.05) is 11.1 Å². The molecule has 2 heterocycles. The smallest absolute Gasteiger partial charge is 0.237 e. The fourth-order valence-electron chi connectivity index (χ4n) is 2.62. The van der Waals surface area contributed by atoms with Crippen LogP contribution in [-0.2, 0) is 26.0 Å². The van der Waals surface area contributed by atoms with Gasteiger partial charge in [0.25, 0.3) is 0 Å². The molecule has 3 rings (SSSR count). The molecule has 1 aromatic carbocycles. The molecule has 0 saturated heterocycles. The highest BCUT2D eigenvalue weighted by molar-refractivity contribution is 8.01. The van der Waals surface area contributed by atoms with E-state index in [-0.39, 0.29) is 40.7 Å². The number of hydrogen-bond acceptors (Lipinski definition) is 6. The molecule has 0 aliphatic carbocycles. The Morgan fingerprint density at radius 3 is 2.85 bits per heavy atom. The molecule has 144 valence electrons. The Bertz CT molecular complexity index is 939. The lowest BCUT2D eigenvalue weighted by molar-refractivity contribution is -0.121. The van der Waals surface area contributed by atoms with Crippen molar-refractivity contribution in [1.82, 2.24) is 5.32 Å². The number of amides is 2. The summed E-state index contributed by atoms with van der Waals surface area (Å²) in [5, 5.41) is 5.21. The van der Waals surface area contributed by atoms with Gasteiger partial charge in [0.05, 0.1) is 34.4 Å². The summed E-state index contributed by atoms with van der Waals surface area (Å²) < 4.78 is 30.2. The summed E-state index contributed by atoms with van der Waals surface area (Å²) >= 11 is 1.43. The molecule has 27 heavy (non-hydrogen) atoms. The molecule has 0 bridgehead atoms. The summed E-state index contributed by atoms with van der Waals surface area (Å²) in [5.41, 5.74) is 0.498. The fraction of sp³-hybridized carbons (Fsp3) is 0.333. The molecule has 1 aliphatic heterocycles. The molecule has 1 aromatic heterocycles. The maximum Gasteiger partial charge on any atom is 0.237 e. The number of carbonyl (C=O) groups excluding carboxylic acids is 2. The van der Waals surface area contributed by atoms with Crippen LogP contribution in [0.25, 0.3) is 0 Å². The highest BCUT2D eigenvalue weighted by atomic mass is 32.2. The quantitative estimate of drug-likeness (QED) is 0.729. The van der Waals surface area contributed by atoms with E-state index in [2.05, 4.69) is 10.6 Å². The molecule has 2 N–H and O–H groups in total. The van der Waals surface area contributed by atoms with Crippen molar-refractivity contribution in [1.29, 1.82) is 0 Å². The molecule has 0 saturated carbocycles. The average Bonchev–Trinajstić information content (AvgIpc) is 3.17. The molecule has 2 aromatic rings. The number of sulfone groups is 1. The van der Waals surface area contributed by atoms with E-state index in [4.69, 9.17) is 4.42 Å². The second-order valence-corrected chi connectivity index (χ2v) is 9.44. The first-order valence-corrected chi connectivity index (χ1v) is 11.1. The molecular weight excluding hydrogens is 388 g/mol. The van der Waals surface area contributed by atoms with Crippen LogP contribution in [0.3, 0.4) is 0 Å². The number of anilines is 1. The number of carbonyl (C=O) groups is 2. The third-order valence-corrected chi connectivity index (χ3v) is 7.29. The highest BCUT2D eigenvalue weighted by Crippen LogP contribution is 2.38. The van der Waals surface area contributed by atoms with Crippen molar-refractivity contribution in [3.8, 4) is 0 Å². The van der Waals surface area contributed by atoms with Gasteiger partial charge in [-0.05, 0) is 36.8 Å². The van der Waals surface area contributed by atoms with Crippen LogP contribution in [0.2, 0.25) is 0 Å². The maximum absolute atomic E-state index is 12.5. The SMILES string of the molecule is CC[C@H]1Sc2ccc(S(=O)(=O)CCC(=O)NCc3ccco3)cc2NC1=O. The first-order valence-electron chi connectivity index (χ1n) is 8.52. The molecule has 1 aliphatic rings. The van der Waals surface area contributed by atoms with E-state index >= 15 is 0 Å². The van der Waals surface area contributed by atoms with Crippen LogP contribution in [0.5, 0.6) is 0 Å². The van der Waals surface area contributed by atoms with E-state index in [1.807, 2.05) is 6.92 Å². The number of hydrogen-bond donors (Lipinski definition) is 2. The second kappa shape index (κ2) is 8.18. The van der Waals surface area contributed by atoms with Crippen LogP contribution in [-0.4, -0.2) is 31.2 Å². The lowest BCUT2D eigenvalue weighted by Crippen LogP contribution is -2.28. The molecule has 0 fully saturated rings. The van der Waals surface area contributed by atoms with Gasteiger partial charge in [-0.15, -0.1) is 11.8 Å². The van der Waals surface area contributed by atoms with Crippen LogP contribution in [0, 0.1) is 0 Å². The van der Waals surface area contributed by atoms with Crippen molar-refractivity contribution in [3.05, 3.63) is 42.4 Å². The first-order chi connectivity index (χ1) is 12.9. The lowest BCUT2D eigenvalue weighted by atomic mass is 10.2. The molecule has 1 atom stereocenters. The monoisotopic (exact) mass is 408 g/mol. The van der Waals surface area contributed by atoms with Crippen molar-refractivity contribution in [2.24, 2.45) is 0 Å². The van der Waals surface area contributed by atoms with Crippen LogP contribution in [0.15, 0.2) is 50.8 Å². The van der Waals surface area contributed by atoms with Crippen LogP contribution in [0.4, 0.5) is 5.69 Å². The van der Waals surface area contributed by atoms with Crippen molar-refractivity contribution in [2.45, 2.75) is 41.4 Å². The van der Waals surface area contributed by atoms with E-state index in [0.29, 0.717) is 17.9 Å². The van der Waals surface area contributed by atoms with E-state index in [1.165, 1.54) is 30.2 Å². The van der Waals surface area contributed by atoms with Crippen molar-refractivity contribution < 1.29 is 22.4 Å². The first kappa shape index (κ1) is 19.5. The van der Waals surface area contributed by atoms with E-state index in [1.54, 1.807) is 18.2 Å². The predicted molar refractivity (Wildman–Crippen MR) is 102 cm³/mol. The van der Waals surface area contributed by atoms with Crippen LogP contribution >= 0.6 is 11.8 Å². The Balaban J connectivity index is 1.62. The molecule has 0 radical (unpaired) electrons. The van der Waals surface area contributed by atoms with Gasteiger partial charge < -0.3 is 15.1 Å². The van der Waals surface area contributed by atoms with Crippen molar-refractivity contribution in [3.63, 3.8) is 0 Å². The molecule has 0 spiro atoms. The summed E-state index contributed by atoms with van der Waals surface area (Å²) in [6, 6.07) is 8.11. The van der Waals surface area contributed by atoms with Gasteiger partial charge in [-0.25, -0.2) is 8.42 Å². The minimum Gasteiger partial charge on any atom is -0.467 e. The zero-order valence-corrected chi connectivity index (χ0v) is 16.4. The summed E-state index contributed by atoms with van der Waals surface area (Å²) in [6.45, 7) is 2.14. The third-order valence-electron chi connectivity index (χ3n) is 4.14.